The number of urea groups is 1. The lowest BCUT2D eigenvalue weighted by Gasteiger charge is -2.37. The number of aromatic nitrogens is 2. The van der Waals surface area contributed by atoms with Crippen LogP contribution in [0.1, 0.15) is 31.2 Å². The lowest BCUT2D eigenvalue weighted by Crippen LogP contribution is -2.49. The van der Waals surface area contributed by atoms with E-state index in [9.17, 15) is 10.1 Å². The average molecular weight is 379 g/mol. The van der Waals surface area contributed by atoms with Gasteiger partial charge in [-0.3, -0.25) is 5.10 Å². The Balaban J connectivity index is 1.46. The largest absolute Gasteiger partial charge is 0.381 e. The van der Waals surface area contributed by atoms with E-state index in [2.05, 4.69) is 16.3 Å². The van der Waals surface area contributed by atoms with Crippen LogP contribution in [0.15, 0.2) is 30.0 Å². The number of hydrogen-bond donors (Lipinski definition) is 1. The molecule has 146 valence electrons. The van der Waals surface area contributed by atoms with Gasteiger partial charge in [-0.1, -0.05) is 12.1 Å². The van der Waals surface area contributed by atoms with Crippen LogP contribution in [-0.2, 0) is 4.74 Å². The van der Waals surface area contributed by atoms with Crippen molar-refractivity contribution in [2.45, 2.75) is 31.8 Å². The van der Waals surface area contributed by atoms with Gasteiger partial charge in [-0.2, -0.15) is 10.4 Å². The number of nitriles is 1. The highest BCUT2D eigenvalue weighted by Crippen LogP contribution is 2.31. The van der Waals surface area contributed by atoms with E-state index in [0.717, 1.165) is 66.4 Å². The van der Waals surface area contributed by atoms with Gasteiger partial charge < -0.3 is 14.5 Å². The fraction of sp³-hybridized carbons (Fsp3) is 0.476. The molecule has 1 aromatic heterocycles. The molecule has 2 saturated heterocycles. The van der Waals surface area contributed by atoms with E-state index in [4.69, 9.17) is 4.74 Å². The number of nitrogens with one attached hydrogen (secondary N) is 1. The molecule has 2 aliphatic heterocycles. The molecule has 0 radical (unpaired) electrons. The van der Waals surface area contributed by atoms with Gasteiger partial charge in [-0.25, -0.2) is 4.79 Å². The van der Waals surface area contributed by atoms with Gasteiger partial charge in [0.2, 0.25) is 0 Å². The summed E-state index contributed by atoms with van der Waals surface area (Å²) in [6, 6.07) is 8.39. The van der Waals surface area contributed by atoms with Crippen molar-refractivity contribution in [1.29, 1.82) is 5.26 Å². The quantitative estimate of drug-likeness (QED) is 0.812. The predicted octanol–water partition coefficient (Wildman–Crippen LogP) is 3.17. The first-order valence-corrected chi connectivity index (χ1v) is 9.82. The molecule has 4 rings (SSSR count). The summed E-state index contributed by atoms with van der Waals surface area (Å²) in [4.78, 5) is 16.7. The van der Waals surface area contributed by atoms with E-state index in [1.807, 2.05) is 28.0 Å². The SMILES string of the molecule is COC1CCN(C(=O)N2CCC(=C(C#N)c3cccc4[nH]ncc34)CC2)CC1. The fourth-order valence-corrected chi connectivity index (χ4v) is 4.22. The highest BCUT2D eigenvalue weighted by molar-refractivity contribution is 5.96. The molecule has 7 heteroatoms. The molecule has 0 saturated carbocycles. The monoisotopic (exact) mass is 379 g/mol. The predicted molar refractivity (Wildman–Crippen MR) is 106 cm³/mol. The van der Waals surface area contributed by atoms with Crippen LogP contribution < -0.4 is 0 Å². The number of H-pyrrole nitrogens is 1. The van der Waals surface area contributed by atoms with E-state index >= 15 is 0 Å². The summed E-state index contributed by atoms with van der Waals surface area (Å²) < 4.78 is 5.39. The number of piperidine rings is 2. The number of hydrogen-bond acceptors (Lipinski definition) is 4. The topological polar surface area (TPSA) is 85.2 Å². The highest BCUT2D eigenvalue weighted by atomic mass is 16.5. The fourth-order valence-electron chi connectivity index (χ4n) is 4.22. The van der Waals surface area contributed by atoms with Crippen molar-refractivity contribution in [3.63, 3.8) is 0 Å². The third-order valence-corrected chi connectivity index (χ3v) is 5.90. The van der Waals surface area contributed by atoms with Crippen LogP contribution in [0, 0.1) is 11.3 Å². The summed E-state index contributed by atoms with van der Waals surface area (Å²) in [6.45, 7) is 2.82. The van der Waals surface area contributed by atoms with Crippen molar-refractivity contribution in [2.24, 2.45) is 0 Å². The molecular formula is C21H25N5O2. The molecule has 3 heterocycles. The Hall–Kier alpha value is -2.85. The minimum Gasteiger partial charge on any atom is -0.381 e. The van der Waals surface area contributed by atoms with E-state index in [1.165, 1.54) is 0 Å². The first-order valence-electron chi connectivity index (χ1n) is 9.82. The third kappa shape index (κ3) is 3.48. The van der Waals surface area contributed by atoms with Crippen LogP contribution in [0.4, 0.5) is 4.79 Å². The number of carbonyl (C=O) groups excluding carboxylic acids is 1. The van der Waals surface area contributed by atoms with E-state index in [-0.39, 0.29) is 12.1 Å². The van der Waals surface area contributed by atoms with Gasteiger partial charge in [0.05, 0.1) is 29.5 Å². The molecule has 2 fully saturated rings. The molecule has 0 bridgehead atoms. The molecular weight excluding hydrogens is 354 g/mol. The summed E-state index contributed by atoms with van der Waals surface area (Å²) in [5.41, 5.74) is 3.70. The van der Waals surface area contributed by atoms with Gasteiger partial charge >= 0.3 is 6.03 Å². The zero-order valence-corrected chi connectivity index (χ0v) is 16.1. The van der Waals surface area contributed by atoms with Crippen LogP contribution in [0.25, 0.3) is 16.5 Å². The standard InChI is InChI=1S/C21H25N5O2/c1-28-16-7-11-26(12-8-16)21(27)25-9-5-15(6-10-25)18(13-22)17-3-2-4-20-19(17)14-23-24-20/h2-4,14,16H,5-12H2,1H3,(H,23,24). The Bertz CT molecular complexity index is 924. The van der Waals surface area contributed by atoms with Gasteiger partial charge in [0.25, 0.3) is 0 Å². The van der Waals surface area contributed by atoms with Gasteiger partial charge in [0.1, 0.15) is 0 Å². The summed E-state index contributed by atoms with van der Waals surface area (Å²) >= 11 is 0. The Morgan fingerprint density at radius 3 is 2.61 bits per heavy atom. The van der Waals surface area contributed by atoms with Gasteiger partial charge in [-0.15, -0.1) is 0 Å². The Labute approximate surface area is 164 Å². The maximum absolute atomic E-state index is 12.8. The number of aromatic amines is 1. The second kappa shape index (κ2) is 8.03. The van der Waals surface area contributed by atoms with Crippen LogP contribution >= 0.6 is 0 Å². The van der Waals surface area contributed by atoms with Crippen molar-refractivity contribution < 1.29 is 9.53 Å². The number of carbonyl (C=O) groups is 1. The summed E-state index contributed by atoms with van der Waals surface area (Å²) in [5, 5.41) is 17.8. The van der Waals surface area contributed by atoms with E-state index < -0.39 is 0 Å². The van der Waals surface area contributed by atoms with Crippen molar-refractivity contribution >= 4 is 22.5 Å². The molecule has 1 N–H and O–H groups in total. The van der Waals surface area contributed by atoms with Crippen LogP contribution in [0.2, 0.25) is 0 Å². The molecule has 7 nitrogen and oxygen atoms in total. The Kier molecular flexibility index (Phi) is 5.31. The number of rotatable bonds is 2. The van der Waals surface area contributed by atoms with Crippen molar-refractivity contribution in [3.05, 3.63) is 35.5 Å². The molecule has 28 heavy (non-hydrogen) atoms. The van der Waals surface area contributed by atoms with Crippen molar-refractivity contribution in [3.8, 4) is 6.07 Å². The minimum absolute atomic E-state index is 0.115. The van der Waals surface area contributed by atoms with E-state index in [1.54, 1.807) is 13.3 Å². The third-order valence-electron chi connectivity index (χ3n) is 5.90. The zero-order chi connectivity index (χ0) is 19.5. The highest BCUT2D eigenvalue weighted by Gasteiger charge is 2.28. The maximum atomic E-state index is 12.8. The number of likely N-dealkylation sites (tertiary alicyclic amines) is 2. The normalized spacial score (nSPS) is 18.4. The van der Waals surface area contributed by atoms with Crippen molar-refractivity contribution in [2.75, 3.05) is 33.3 Å². The lowest BCUT2D eigenvalue weighted by molar-refractivity contribution is 0.0441. The molecule has 0 aliphatic carbocycles. The summed E-state index contributed by atoms with van der Waals surface area (Å²) in [6.07, 6.45) is 5.30. The average Bonchev–Trinajstić information content (AvgIpc) is 3.24. The summed E-state index contributed by atoms with van der Waals surface area (Å²) in [7, 11) is 1.73. The molecule has 0 atom stereocenters. The number of amides is 2. The van der Waals surface area contributed by atoms with Crippen LogP contribution in [-0.4, -0.2) is 65.4 Å². The number of allylic oxidation sites excluding steroid dienone is 1. The second-order valence-corrected chi connectivity index (χ2v) is 7.42. The number of methoxy groups -OCH3 is 1. The Morgan fingerprint density at radius 1 is 1.21 bits per heavy atom. The van der Waals surface area contributed by atoms with Gasteiger partial charge in [0, 0.05) is 44.2 Å². The summed E-state index contributed by atoms with van der Waals surface area (Å²) in [5.74, 6) is 0. The molecule has 2 aliphatic rings. The number of fused-ring (bicyclic) bond motifs is 1. The number of nitrogens with zero attached hydrogens (tertiary/aromatic N) is 4. The molecule has 2 amide bonds. The first-order chi connectivity index (χ1) is 13.7. The van der Waals surface area contributed by atoms with Gasteiger partial charge in [0.15, 0.2) is 0 Å². The number of ether oxygens (including phenoxy) is 1. The van der Waals surface area contributed by atoms with E-state index in [0.29, 0.717) is 13.1 Å². The van der Waals surface area contributed by atoms with Crippen LogP contribution in [0.5, 0.6) is 0 Å². The smallest absolute Gasteiger partial charge is 0.320 e. The second-order valence-electron chi connectivity index (χ2n) is 7.42. The maximum Gasteiger partial charge on any atom is 0.320 e. The van der Waals surface area contributed by atoms with Crippen LogP contribution in [0.3, 0.4) is 0 Å². The zero-order valence-electron chi connectivity index (χ0n) is 16.1. The first kappa shape index (κ1) is 18.5. The lowest BCUT2D eigenvalue weighted by atomic mass is 9.92. The molecule has 2 aromatic rings. The minimum atomic E-state index is 0.115. The molecule has 1 aromatic carbocycles. The molecule has 0 spiro atoms. The molecule has 0 unspecified atom stereocenters. The Morgan fingerprint density at radius 2 is 1.93 bits per heavy atom. The van der Waals surface area contributed by atoms with Crippen molar-refractivity contribution in [1.82, 2.24) is 20.0 Å². The van der Waals surface area contributed by atoms with Gasteiger partial charge in [-0.05, 0) is 37.3 Å². The number of benzene rings is 1.